The van der Waals surface area contributed by atoms with E-state index in [1.807, 2.05) is 26.0 Å². The third-order valence-corrected chi connectivity index (χ3v) is 2.59. The number of para-hydroxylation sites is 2. The van der Waals surface area contributed by atoms with E-state index in [1.165, 1.54) is 0 Å². The van der Waals surface area contributed by atoms with Crippen LogP contribution in [0.4, 0.5) is 0 Å². The summed E-state index contributed by atoms with van der Waals surface area (Å²) < 4.78 is 10.8. The zero-order valence-corrected chi connectivity index (χ0v) is 11.4. The number of aliphatic hydroxyl groups excluding tert-OH is 1. The smallest absolute Gasteiger partial charge is 0.258 e. The molecule has 0 spiro atoms. The number of amides is 1. The molecule has 0 bridgehead atoms. The van der Waals surface area contributed by atoms with Gasteiger partial charge in [0.05, 0.1) is 19.3 Å². The molecular formula is C14H21NO4. The lowest BCUT2D eigenvalue weighted by Crippen LogP contribution is -2.39. The minimum atomic E-state index is -0.257. The van der Waals surface area contributed by atoms with E-state index < -0.39 is 0 Å². The van der Waals surface area contributed by atoms with Crippen LogP contribution in [0.1, 0.15) is 20.3 Å². The molecular weight excluding hydrogens is 246 g/mol. The van der Waals surface area contributed by atoms with Crippen molar-refractivity contribution in [2.24, 2.45) is 0 Å². The normalized spacial score (nSPS) is 11.7. The lowest BCUT2D eigenvalue weighted by molar-refractivity contribution is -0.124. The number of benzene rings is 1. The second kappa shape index (κ2) is 8.37. The van der Waals surface area contributed by atoms with Gasteiger partial charge in [-0.1, -0.05) is 19.1 Å². The van der Waals surface area contributed by atoms with Gasteiger partial charge in [-0.2, -0.15) is 0 Å². The number of rotatable bonds is 8. The molecule has 2 N–H and O–H groups in total. The van der Waals surface area contributed by atoms with Crippen LogP contribution in [0.15, 0.2) is 24.3 Å². The standard InChI is InChI=1S/C14H21NO4/c1-3-11(9-16)15-14(17)10-19-13-8-6-5-7-12(13)18-4-2/h5-8,11,16H,3-4,9-10H2,1-2H3,(H,15,17)/t11-/m0/s1. The largest absolute Gasteiger partial charge is 0.490 e. The SMILES string of the molecule is CCOc1ccccc1OCC(=O)N[C@@H](CC)CO. The first-order valence-corrected chi connectivity index (χ1v) is 6.46. The summed E-state index contributed by atoms with van der Waals surface area (Å²) in [5.41, 5.74) is 0. The van der Waals surface area contributed by atoms with Gasteiger partial charge in [-0.05, 0) is 25.5 Å². The molecule has 1 atom stereocenters. The number of aliphatic hydroxyl groups is 1. The molecule has 1 aromatic rings. The molecule has 5 heteroatoms. The Bertz CT molecular complexity index is 391. The predicted molar refractivity (Wildman–Crippen MR) is 72.4 cm³/mol. The van der Waals surface area contributed by atoms with Crippen LogP contribution in [0, 0.1) is 0 Å². The van der Waals surface area contributed by atoms with Gasteiger partial charge in [0, 0.05) is 0 Å². The molecule has 106 valence electrons. The van der Waals surface area contributed by atoms with E-state index in [4.69, 9.17) is 14.6 Å². The lowest BCUT2D eigenvalue weighted by Gasteiger charge is -2.15. The maximum absolute atomic E-state index is 11.6. The average molecular weight is 267 g/mol. The molecule has 0 radical (unpaired) electrons. The fourth-order valence-corrected chi connectivity index (χ4v) is 1.53. The van der Waals surface area contributed by atoms with Crippen LogP contribution < -0.4 is 14.8 Å². The van der Waals surface area contributed by atoms with Crippen molar-refractivity contribution < 1.29 is 19.4 Å². The summed E-state index contributed by atoms with van der Waals surface area (Å²) in [5, 5.41) is 11.7. The zero-order valence-electron chi connectivity index (χ0n) is 11.4. The summed E-state index contributed by atoms with van der Waals surface area (Å²) in [5.74, 6) is 0.899. The molecule has 1 rings (SSSR count). The first-order valence-electron chi connectivity index (χ1n) is 6.46. The van der Waals surface area contributed by atoms with Crippen molar-refractivity contribution >= 4 is 5.91 Å². The van der Waals surface area contributed by atoms with Crippen molar-refractivity contribution in [1.29, 1.82) is 0 Å². The topological polar surface area (TPSA) is 67.8 Å². The van der Waals surface area contributed by atoms with Crippen molar-refractivity contribution in [3.05, 3.63) is 24.3 Å². The van der Waals surface area contributed by atoms with E-state index in [1.54, 1.807) is 12.1 Å². The van der Waals surface area contributed by atoms with Crippen LogP contribution in [-0.2, 0) is 4.79 Å². The van der Waals surface area contributed by atoms with E-state index in [-0.39, 0.29) is 25.2 Å². The van der Waals surface area contributed by atoms with Gasteiger partial charge in [0.15, 0.2) is 18.1 Å². The Kier molecular flexibility index (Phi) is 6.74. The summed E-state index contributed by atoms with van der Waals surface area (Å²) >= 11 is 0. The van der Waals surface area contributed by atoms with Gasteiger partial charge in [0.1, 0.15) is 0 Å². The molecule has 5 nitrogen and oxygen atoms in total. The van der Waals surface area contributed by atoms with Crippen molar-refractivity contribution in [3.63, 3.8) is 0 Å². The summed E-state index contributed by atoms with van der Waals surface area (Å²) in [6.07, 6.45) is 0.678. The third-order valence-electron chi connectivity index (χ3n) is 2.59. The summed E-state index contributed by atoms with van der Waals surface area (Å²) in [7, 11) is 0. The van der Waals surface area contributed by atoms with Gasteiger partial charge in [-0.15, -0.1) is 0 Å². The van der Waals surface area contributed by atoms with Crippen LogP contribution in [0.25, 0.3) is 0 Å². The Morgan fingerprint density at radius 1 is 1.26 bits per heavy atom. The number of nitrogens with one attached hydrogen (secondary N) is 1. The second-order valence-corrected chi connectivity index (χ2v) is 4.02. The highest BCUT2D eigenvalue weighted by Gasteiger charge is 2.11. The minimum Gasteiger partial charge on any atom is -0.490 e. The minimum absolute atomic E-state index is 0.0717. The van der Waals surface area contributed by atoms with Gasteiger partial charge in [-0.3, -0.25) is 4.79 Å². The Hall–Kier alpha value is -1.75. The number of hydrogen-bond acceptors (Lipinski definition) is 4. The quantitative estimate of drug-likeness (QED) is 0.746. The zero-order chi connectivity index (χ0) is 14.1. The van der Waals surface area contributed by atoms with Crippen molar-refractivity contribution in [2.45, 2.75) is 26.3 Å². The monoisotopic (exact) mass is 267 g/mol. The third kappa shape index (κ3) is 5.18. The van der Waals surface area contributed by atoms with Gasteiger partial charge in [0.25, 0.3) is 5.91 Å². The number of carbonyl (C=O) groups excluding carboxylic acids is 1. The number of ether oxygens (including phenoxy) is 2. The predicted octanol–water partition coefficient (Wildman–Crippen LogP) is 1.35. The molecule has 0 aliphatic rings. The highest BCUT2D eigenvalue weighted by atomic mass is 16.5. The molecule has 0 saturated carbocycles. The summed E-state index contributed by atoms with van der Waals surface area (Å²) in [4.78, 5) is 11.6. The summed E-state index contributed by atoms with van der Waals surface area (Å²) in [6, 6.07) is 6.98. The van der Waals surface area contributed by atoms with Crippen LogP contribution in [0.5, 0.6) is 11.5 Å². The van der Waals surface area contributed by atoms with E-state index in [2.05, 4.69) is 5.32 Å². The van der Waals surface area contributed by atoms with Crippen molar-refractivity contribution in [3.8, 4) is 11.5 Å². The molecule has 0 aromatic heterocycles. The fourth-order valence-electron chi connectivity index (χ4n) is 1.53. The molecule has 19 heavy (non-hydrogen) atoms. The Balaban J connectivity index is 2.50. The average Bonchev–Trinajstić information content (AvgIpc) is 2.44. The van der Waals surface area contributed by atoms with Gasteiger partial charge in [-0.25, -0.2) is 0 Å². The first-order chi connectivity index (χ1) is 9.21. The molecule has 0 aliphatic carbocycles. The molecule has 0 saturated heterocycles. The van der Waals surface area contributed by atoms with E-state index in [0.717, 1.165) is 0 Å². The highest BCUT2D eigenvalue weighted by molar-refractivity contribution is 5.77. The van der Waals surface area contributed by atoms with Crippen LogP contribution in [-0.4, -0.2) is 36.9 Å². The maximum atomic E-state index is 11.6. The van der Waals surface area contributed by atoms with Gasteiger partial charge >= 0.3 is 0 Å². The number of carbonyl (C=O) groups is 1. The highest BCUT2D eigenvalue weighted by Crippen LogP contribution is 2.26. The molecule has 0 unspecified atom stereocenters. The van der Waals surface area contributed by atoms with Crippen molar-refractivity contribution in [1.82, 2.24) is 5.32 Å². The van der Waals surface area contributed by atoms with Crippen LogP contribution in [0.2, 0.25) is 0 Å². The molecule has 0 aliphatic heterocycles. The first kappa shape index (κ1) is 15.3. The molecule has 1 aromatic carbocycles. The van der Waals surface area contributed by atoms with Gasteiger partial charge in [0.2, 0.25) is 0 Å². The Morgan fingerprint density at radius 2 is 1.89 bits per heavy atom. The molecule has 0 heterocycles. The Labute approximate surface area is 113 Å². The lowest BCUT2D eigenvalue weighted by atomic mass is 10.2. The van der Waals surface area contributed by atoms with Gasteiger partial charge < -0.3 is 19.9 Å². The van der Waals surface area contributed by atoms with E-state index in [0.29, 0.717) is 24.5 Å². The van der Waals surface area contributed by atoms with Crippen LogP contribution in [0.3, 0.4) is 0 Å². The Morgan fingerprint density at radius 3 is 2.42 bits per heavy atom. The van der Waals surface area contributed by atoms with E-state index in [9.17, 15) is 4.79 Å². The molecule has 1 amide bonds. The van der Waals surface area contributed by atoms with Crippen molar-refractivity contribution in [2.75, 3.05) is 19.8 Å². The van der Waals surface area contributed by atoms with E-state index >= 15 is 0 Å². The molecule has 0 fully saturated rings. The second-order valence-electron chi connectivity index (χ2n) is 4.02. The fraction of sp³-hybridized carbons (Fsp3) is 0.500. The maximum Gasteiger partial charge on any atom is 0.258 e. The summed E-state index contributed by atoms with van der Waals surface area (Å²) in [6.45, 7) is 4.15. The van der Waals surface area contributed by atoms with Crippen LogP contribution >= 0.6 is 0 Å². The number of hydrogen-bond donors (Lipinski definition) is 2.